The second kappa shape index (κ2) is 10.2. The Morgan fingerprint density at radius 2 is 1.79 bits per heavy atom. The number of nitrogens with one attached hydrogen (secondary N) is 1. The van der Waals surface area contributed by atoms with Gasteiger partial charge in [-0.3, -0.25) is 9.59 Å². The second-order valence-corrected chi connectivity index (χ2v) is 9.86. The number of hydrogen-bond donors (Lipinski definition) is 1. The Balaban J connectivity index is 1.52. The molecule has 0 bridgehead atoms. The number of aromatic nitrogens is 2. The van der Waals surface area contributed by atoms with E-state index in [4.69, 9.17) is 4.52 Å². The van der Waals surface area contributed by atoms with Crippen molar-refractivity contribution in [1.29, 1.82) is 0 Å². The van der Waals surface area contributed by atoms with Gasteiger partial charge in [0, 0.05) is 30.0 Å². The molecule has 8 nitrogen and oxygen atoms in total. The minimum absolute atomic E-state index is 0.0910. The molecule has 1 saturated heterocycles. The van der Waals surface area contributed by atoms with Crippen LogP contribution in [0.2, 0.25) is 0 Å². The number of aryl methyl sites for hydroxylation is 2. The highest BCUT2D eigenvalue weighted by molar-refractivity contribution is 7.91. The Morgan fingerprint density at radius 1 is 1.12 bits per heavy atom. The molecule has 172 valence electrons. The summed E-state index contributed by atoms with van der Waals surface area (Å²) in [7, 11) is 0. The van der Waals surface area contributed by atoms with Crippen LogP contribution in [0.25, 0.3) is 11.4 Å². The maximum absolute atomic E-state index is 13.5. The van der Waals surface area contributed by atoms with Crippen molar-refractivity contribution in [3.8, 4) is 11.4 Å². The number of amides is 2. The summed E-state index contributed by atoms with van der Waals surface area (Å²) in [6, 6.07) is 12.9. The van der Waals surface area contributed by atoms with Gasteiger partial charge in [-0.2, -0.15) is 4.98 Å². The SMILES string of the molecule is Cc1cccc(C)c1N(CC(=O)Nc1ccc(-c2ncon2)cc1)C(=O)C1CC[S+]([O-])CC1. The van der Waals surface area contributed by atoms with Gasteiger partial charge in [0.05, 0.1) is 5.69 Å². The van der Waals surface area contributed by atoms with E-state index in [-0.39, 0.29) is 24.3 Å². The fraction of sp³-hybridized carbons (Fsp3) is 0.333. The van der Waals surface area contributed by atoms with Crippen molar-refractivity contribution in [3.05, 3.63) is 60.0 Å². The van der Waals surface area contributed by atoms with Crippen molar-refractivity contribution in [3.63, 3.8) is 0 Å². The molecular weight excluding hydrogens is 440 g/mol. The highest BCUT2D eigenvalue weighted by Gasteiger charge is 2.33. The van der Waals surface area contributed by atoms with Crippen LogP contribution in [0.5, 0.6) is 0 Å². The van der Waals surface area contributed by atoms with Crippen molar-refractivity contribution >= 4 is 34.4 Å². The molecule has 0 atom stereocenters. The summed E-state index contributed by atoms with van der Waals surface area (Å²) < 4.78 is 16.5. The number of para-hydroxylation sites is 1. The first kappa shape index (κ1) is 23.0. The lowest BCUT2D eigenvalue weighted by Crippen LogP contribution is -2.44. The second-order valence-electron chi connectivity index (χ2n) is 8.17. The van der Waals surface area contributed by atoms with Crippen LogP contribution in [0.3, 0.4) is 0 Å². The highest BCUT2D eigenvalue weighted by Crippen LogP contribution is 2.29. The Hall–Kier alpha value is -3.17. The van der Waals surface area contributed by atoms with E-state index in [1.807, 2.05) is 32.0 Å². The van der Waals surface area contributed by atoms with Crippen molar-refractivity contribution in [2.24, 2.45) is 5.92 Å². The molecule has 2 amide bonds. The van der Waals surface area contributed by atoms with Gasteiger partial charge >= 0.3 is 0 Å². The summed E-state index contributed by atoms with van der Waals surface area (Å²) in [6.45, 7) is 3.77. The summed E-state index contributed by atoms with van der Waals surface area (Å²) in [4.78, 5) is 32.1. The number of nitrogens with zero attached hydrogens (tertiary/aromatic N) is 3. The predicted molar refractivity (Wildman–Crippen MR) is 127 cm³/mol. The fourth-order valence-corrected chi connectivity index (χ4v) is 5.40. The molecule has 1 N–H and O–H groups in total. The molecule has 3 aromatic rings. The van der Waals surface area contributed by atoms with Crippen LogP contribution in [0.1, 0.15) is 24.0 Å². The summed E-state index contributed by atoms with van der Waals surface area (Å²) in [6.07, 6.45) is 2.41. The zero-order valence-corrected chi connectivity index (χ0v) is 19.4. The molecule has 1 aliphatic rings. The molecule has 0 aliphatic carbocycles. The number of anilines is 2. The van der Waals surface area contributed by atoms with Gasteiger partial charge in [0.15, 0.2) is 0 Å². The maximum atomic E-state index is 13.5. The molecule has 9 heteroatoms. The van der Waals surface area contributed by atoms with E-state index in [0.717, 1.165) is 22.4 Å². The third-order valence-corrected chi connectivity index (χ3v) is 7.18. The molecule has 4 rings (SSSR count). The number of carbonyl (C=O) groups excluding carboxylic acids is 2. The van der Waals surface area contributed by atoms with Crippen LogP contribution in [0, 0.1) is 19.8 Å². The minimum atomic E-state index is -0.859. The molecule has 33 heavy (non-hydrogen) atoms. The van der Waals surface area contributed by atoms with Gasteiger partial charge in [0.1, 0.15) is 18.1 Å². The van der Waals surface area contributed by atoms with Crippen molar-refractivity contribution in [2.45, 2.75) is 26.7 Å². The number of benzene rings is 2. The summed E-state index contributed by atoms with van der Waals surface area (Å²) in [5.74, 6) is 0.896. The van der Waals surface area contributed by atoms with E-state index in [9.17, 15) is 14.1 Å². The van der Waals surface area contributed by atoms with Crippen LogP contribution in [-0.2, 0) is 20.8 Å². The molecule has 0 saturated carbocycles. The number of hydrogen-bond acceptors (Lipinski definition) is 6. The van der Waals surface area contributed by atoms with Gasteiger partial charge in [-0.05, 0) is 49.2 Å². The average Bonchev–Trinajstić information content (AvgIpc) is 3.34. The van der Waals surface area contributed by atoms with E-state index >= 15 is 0 Å². The zero-order valence-electron chi connectivity index (χ0n) is 18.6. The van der Waals surface area contributed by atoms with Gasteiger partial charge in [0.2, 0.25) is 24.0 Å². The quantitative estimate of drug-likeness (QED) is 0.557. The van der Waals surface area contributed by atoms with E-state index in [0.29, 0.717) is 35.9 Å². The fourth-order valence-electron chi connectivity index (χ4n) is 4.10. The Morgan fingerprint density at radius 3 is 2.39 bits per heavy atom. The minimum Gasteiger partial charge on any atom is -0.616 e. The van der Waals surface area contributed by atoms with Crippen LogP contribution in [0.15, 0.2) is 53.4 Å². The lowest BCUT2D eigenvalue weighted by Gasteiger charge is -2.31. The van der Waals surface area contributed by atoms with Gasteiger partial charge in [-0.1, -0.05) is 34.5 Å². The lowest BCUT2D eigenvalue weighted by atomic mass is 9.99. The Kier molecular flexibility index (Phi) is 7.10. The summed E-state index contributed by atoms with van der Waals surface area (Å²) in [5.41, 5.74) is 4.00. The zero-order chi connectivity index (χ0) is 23.4. The standard InChI is InChI=1S/C24H26N4O4S/c1-16-4-3-5-17(2)22(16)28(24(30)19-10-12-33(31)13-11-19)14-21(29)26-20-8-6-18(7-9-20)23-25-15-32-27-23/h3-9,15,19H,10-14H2,1-2H3,(H,26,29). The van der Waals surface area contributed by atoms with E-state index in [1.54, 1.807) is 29.2 Å². The number of rotatable bonds is 6. The van der Waals surface area contributed by atoms with Gasteiger partial charge < -0.3 is 19.3 Å². The first-order valence-electron chi connectivity index (χ1n) is 10.8. The average molecular weight is 467 g/mol. The van der Waals surface area contributed by atoms with Crippen LogP contribution >= 0.6 is 0 Å². The maximum Gasteiger partial charge on any atom is 0.244 e. The van der Waals surface area contributed by atoms with Crippen molar-refractivity contribution in [2.75, 3.05) is 28.3 Å². The third kappa shape index (κ3) is 5.43. The largest absolute Gasteiger partial charge is 0.616 e. The van der Waals surface area contributed by atoms with Gasteiger partial charge in [0.25, 0.3) is 0 Å². The first-order valence-corrected chi connectivity index (χ1v) is 12.3. The highest BCUT2D eigenvalue weighted by atomic mass is 32.2. The van der Waals surface area contributed by atoms with E-state index < -0.39 is 11.2 Å². The molecule has 0 spiro atoms. The van der Waals surface area contributed by atoms with Crippen LogP contribution < -0.4 is 10.2 Å². The summed E-state index contributed by atoms with van der Waals surface area (Å²) >= 11 is -0.859. The van der Waals surface area contributed by atoms with Crippen LogP contribution in [-0.4, -0.2) is 44.6 Å². The topological polar surface area (TPSA) is 111 Å². The van der Waals surface area contributed by atoms with Crippen molar-refractivity contribution in [1.82, 2.24) is 10.1 Å². The van der Waals surface area contributed by atoms with Crippen LogP contribution in [0.4, 0.5) is 11.4 Å². The van der Waals surface area contributed by atoms with Gasteiger partial charge in [-0.15, -0.1) is 0 Å². The molecule has 2 heterocycles. The van der Waals surface area contributed by atoms with Crippen molar-refractivity contribution < 1.29 is 18.7 Å². The molecule has 1 fully saturated rings. The molecule has 2 aromatic carbocycles. The Bertz CT molecular complexity index is 1090. The predicted octanol–water partition coefficient (Wildman–Crippen LogP) is 3.48. The smallest absolute Gasteiger partial charge is 0.244 e. The lowest BCUT2D eigenvalue weighted by molar-refractivity contribution is -0.124. The van der Waals surface area contributed by atoms with E-state index in [2.05, 4.69) is 15.5 Å². The van der Waals surface area contributed by atoms with E-state index in [1.165, 1.54) is 6.39 Å². The molecule has 1 aromatic heterocycles. The normalized spacial score (nSPS) is 18.0. The molecular formula is C24H26N4O4S. The monoisotopic (exact) mass is 466 g/mol. The molecule has 0 radical (unpaired) electrons. The first-order chi connectivity index (χ1) is 15.9. The number of carbonyl (C=O) groups is 2. The third-order valence-electron chi connectivity index (χ3n) is 5.80. The Labute approximate surface area is 195 Å². The molecule has 0 unspecified atom stereocenters. The van der Waals surface area contributed by atoms with Gasteiger partial charge in [-0.25, -0.2) is 0 Å². The summed E-state index contributed by atoms with van der Waals surface area (Å²) in [5, 5.41) is 6.67. The molecule has 1 aliphatic heterocycles.